The van der Waals surface area contributed by atoms with Gasteiger partial charge >= 0.3 is 0 Å². The number of amides is 1. The third-order valence-electron chi connectivity index (χ3n) is 3.89. The third kappa shape index (κ3) is 4.83. The maximum atomic E-state index is 12.5. The van der Waals surface area contributed by atoms with E-state index in [4.69, 9.17) is 11.6 Å². The highest BCUT2D eigenvalue weighted by Crippen LogP contribution is 2.17. The van der Waals surface area contributed by atoms with Crippen molar-refractivity contribution in [1.29, 1.82) is 0 Å². The van der Waals surface area contributed by atoms with E-state index in [0.29, 0.717) is 17.1 Å². The molecule has 2 aromatic carbocycles. The van der Waals surface area contributed by atoms with E-state index >= 15 is 0 Å². The van der Waals surface area contributed by atoms with Gasteiger partial charge in [-0.1, -0.05) is 29.8 Å². The normalized spacial score (nSPS) is 10.4. The van der Waals surface area contributed by atoms with Crippen molar-refractivity contribution >= 4 is 28.9 Å². The molecule has 3 aromatic rings. The molecule has 0 fully saturated rings. The highest BCUT2D eigenvalue weighted by Gasteiger charge is 2.08. The van der Waals surface area contributed by atoms with Gasteiger partial charge < -0.3 is 10.6 Å². The zero-order valence-corrected chi connectivity index (χ0v) is 15.5. The van der Waals surface area contributed by atoms with Crippen molar-refractivity contribution in [1.82, 2.24) is 4.98 Å². The van der Waals surface area contributed by atoms with Gasteiger partial charge in [0.2, 0.25) is 0 Å². The maximum Gasteiger partial charge on any atom is 0.257 e. The first-order valence-corrected chi connectivity index (χ1v) is 8.70. The van der Waals surface area contributed by atoms with Gasteiger partial charge in [0, 0.05) is 29.6 Å². The van der Waals surface area contributed by atoms with Gasteiger partial charge in [-0.15, -0.1) is 0 Å². The lowest BCUT2D eigenvalue weighted by molar-refractivity contribution is 0.102. The molecule has 3 rings (SSSR count). The van der Waals surface area contributed by atoms with Gasteiger partial charge in [0.05, 0.1) is 11.3 Å². The summed E-state index contributed by atoms with van der Waals surface area (Å²) < 4.78 is 0. The van der Waals surface area contributed by atoms with Gasteiger partial charge in [-0.05, 0) is 60.9 Å². The SMILES string of the molecule is Cc1cc(C)cc(NC(=O)c2cncc(NCc3ccc(Cl)cc3)c2)c1. The van der Waals surface area contributed by atoms with Crippen molar-refractivity contribution in [2.45, 2.75) is 20.4 Å². The van der Waals surface area contributed by atoms with Crippen LogP contribution in [0.3, 0.4) is 0 Å². The van der Waals surface area contributed by atoms with Gasteiger partial charge in [-0.2, -0.15) is 0 Å². The number of aryl methyl sites for hydroxylation is 2. The Hall–Kier alpha value is -2.85. The zero-order chi connectivity index (χ0) is 18.5. The summed E-state index contributed by atoms with van der Waals surface area (Å²) in [6, 6.07) is 15.4. The number of benzene rings is 2. The Morgan fingerprint density at radius 2 is 1.65 bits per heavy atom. The predicted octanol–water partition coefficient (Wildman–Crippen LogP) is 5.22. The van der Waals surface area contributed by atoms with Crippen LogP contribution in [-0.4, -0.2) is 10.9 Å². The molecule has 2 N–H and O–H groups in total. The second kappa shape index (κ2) is 8.02. The number of hydrogen-bond donors (Lipinski definition) is 2. The fraction of sp³-hybridized carbons (Fsp3) is 0.143. The van der Waals surface area contributed by atoms with E-state index in [-0.39, 0.29) is 5.91 Å². The van der Waals surface area contributed by atoms with Crippen LogP contribution in [0.4, 0.5) is 11.4 Å². The van der Waals surface area contributed by atoms with E-state index in [1.165, 1.54) is 0 Å². The van der Waals surface area contributed by atoms with E-state index in [2.05, 4.69) is 21.7 Å². The van der Waals surface area contributed by atoms with Crippen molar-refractivity contribution in [3.63, 3.8) is 0 Å². The summed E-state index contributed by atoms with van der Waals surface area (Å²) >= 11 is 5.90. The number of carbonyl (C=O) groups excluding carboxylic acids is 1. The van der Waals surface area contributed by atoms with E-state index in [1.807, 2.05) is 50.2 Å². The quantitative estimate of drug-likeness (QED) is 0.652. The first-order valence-electron chi connectivity index (χ1n) is 8.32. The molecule has 0 saturated carbocycles. The molecule has 0 unspecified atom stereocenters. The monoisotopic (exact) mass is 365 g/mol. The molecule has 132 valence electrons. The fourth-order valence-corrected chi connectivity index (χ4v) is 2.84. The van der Waals surface area contributed by atoms with Crippen molar-refractivity contribution in [3.8, 4) is 0 Å². The Balaban J connectivity index is 1.67. The number of aromatic nitrogens is 1. The van der Waals surface area contributed by atoms with E-state index in [1.54, 1.807) is 18.5 Å². The predicted molar refractivity (Wildman–Crippen MR) is 107 cm³/mol. The van der Waals surface area contributed by atoms with E-state index in [0.717, 1.165) is 28.1 Å². The third-order valence-corrected chi connectivity index (χ3v) is 4.14. The van der Waals surface area contributed by atoms with Gasteiger partial charge in [0.25, 0.3) is 5.91 Å². The average molecular weight is 366 g/mol. The lowest BCUT2D eigenvalue weighted by atomic mass is 10.1. The second-order valence-corrected chi connectivity index (χ2v) is 6.71. The summed E-state index contributed by atoms with van der Waals surface area (Å²) in [7, 11) is 0. The van der Waals surface area contributed by atoms with Crippen LogP contribution in [0.25, 0.3) is 0 Å². The van der Waals surface area contributed by atoms with Crippen molar-refractivity contribution < 1.29 is 4.79 Å². The van der Waals surface area contributed by atoms with Gasteiger partial charge in [-0.3, -0.25) is 9.78 Å². The molecule has 0 spiro atoms. The van der Waals surface area contributed by atoms with Crippen LogP contribution in [-0.2, 0) is 6.54 Å². The minimum absolute atomic E-state index is 0.183. The molecule has 26 heavy (non-hydrogen) atoms. The maximum absolute atomic E-state index is 12.5. The van der Waals surface area contributed by atoms with Crippen LogP contribution in [0.5, 0.6) is 0 Å². The highest BCUT2D eigenvalue weighted by atomic mass is 35.5. The van der Waals surface area contributed by atoms with Crippen LogP contribution in [0.2, 0.25) is 5.02 Å². The number of rotatable bonds is 5. The Bertz CT molecular complexity index is 903. The summed E-state index contributed by atoms with van der Waals surface area (Å²) in [5, 5.41) is 6.91. The van der Waals surface area contributed by atoms with Crippen molar-refractivity contribution in [3.05, 3.63) is 88.2 Å². The molecule has 0 aliphatic carbocycles. The molecule has 0 atom stereocenters. The molecule has 1 heterocycles. The standard InChI is InChI=1S/C21H20ClN3O/c1-14-7-15(2)9-19(8-14)25-21(26)17-10-20(13-23-12-17)24-11-16-3-5-18(22)6-4-16/h3-10,12-13,24H,11H2,1-2H3,(H,25,26). The summed E-state index contributed by atoms with van der Waals surface area (Å²) in [4.78, 5) is 16.7. The average Bonchev–Trinajstić information content (AvgIpc) is 2.60. The first-order chi connectivity index (χ1) is 12.5. The first kappa shape index (κ1) is 18.0. The van der Waals surface area contributed by atoms with Gasteiger partial charge in [-0.25, -0.2) is 0 Å². The Morgan fingerprint density at radius 1 is 0.962 bits per heavy atom. The number of nitrogens with zero attached hydrogens (tertiary/aromatic N) is 1. The lowest BCUT2D eigenvalue weighted by Gasteiger charge is -2.10. The van der Waals surface area contributed by atoms with Crippen molar-refractivity contribution in [2.75, 3.05) is 10.6 Å². The number of halogens is 1. The number of nitrogens with one attached hydrogen (secondary N) is 2. The molecular formula is C21H20ClN3O. The fourth-order valence-electron chi connectivity index (χ4n) is 2.72. The lowest BCUT2D eigenvalue weighted by Crippen LogP contribution is -2.13. The van der Waals surface area contributed by atoms with Gasteiger partial charge in [0.15, 0.2) is 0 Å². The number of pyridine rings is 1. The Kier molecular flexibility index (Phi) is 5.54. The molecule has 1 amide bonds. The molecule has 0 aliphatic heterocycles. The van der Waals surface area contributed by atoms with Crippen LogP contribution in [0.1, 0.15) is 27.0 Å². The summed E-state index contributed by atoms with van der Waals surface area (Å²) in [5.74, 6) is -0.183. The van der Waals surface area contributed by atoms with Crippen LogP contribution >= 0.6 is 11.6 Å². The summed E-state index contributed by atoms with van der Waals surface area (Å²) in [6.45, 7) is 4.64. The summed E-state index contributed by atoms with van der Waals surface area (Å²) in [6.07, 6.45) is 3.26. The molecular weight excluding hydrogens is 346 g/mol. The molecule has 5 heteroatoms. The van der Waals surface area contributed by atoms with E-state index < -0.39 is 0 Å². The molecule has 0 aliphatic rings. The van der Waals surface area contributed by atoms with Crippen LogP contribution in [0, 0.1) is 13.8 Å². The molecule has 0 bridgehead atoms. The zero-order valence-electron chi connectivity index (χ0n) is 14.7. The Morgan fingerprint density at radius 3 is 2.35 bits per heavy atom. The number of carbonyl (C=O) groups is 1. The second-order valence-electron chi connectivity index (χ2n) is 6.27. The molecule has 0 radical (unpaired) electrons. The largest absolute Gasteiger partial charge is 0.380 e. The molecule has 1 aromatic heterocycles. The Labute approximate surface area is 158 Å². The van der Waals surface area contributed by atoms with Gasteiger partial charge in [0.1, 0.15) is 0 Å². The number of anilines is 2. The molecule has 4 nitrogen and oxygen atoms in total. The van der Waals surface area contributed by atoms with Crippen LogP contribution < -0.4 is 10.6 Å². The van der Waals surface area contributed by atoms with Crippen LogP contribution in [0.15, 0.2) is 60.9 Å². The number of hydrogen-bond acceptors (Lipinski definition) is 3. The highest BCUT2D eigenvalue weighted by molar-refractivity contribution is 6.30. The summed E-state index contributed by atoms with van der Waals surface area (Å²) in [5.41, 5.74) is 5.39. The minimum Gasteiger partial charge on any atom is -0.380 e. The minimum atomic E-state index is -0.183. The van der Waals surface area contributed by atoms with Crippen molar-refractivity contribution in [2.24, 2.45) is 0 Å². The molecule has 0 saturated heterocycles. The van der Waals surface area contributed by atoms with E-state index in [9.17, 15) is 4.79 Å². The smallest absolute Gasteiger partial charge is 0.257 e. The topological polar surface area (TPSA) is 54.0 Å².